The molecule has 1 saturated heterocycles. The highest BCUT2D eigenvalue weighted by molar-refractivity contribution is 5.95. The first kappa shape index (κ1) is 28.8. The number of amides is 3. The number of benzene rings is 3. The molecular weight excluding hydrogens is 568 g/mol. The molecule has 1 fully saturated rings. The summed E-state index contributed by atoms with van der Waals surface area (Å²) in [5.41, 5.74) is 2.79. The van der Waals surface area contributed by atoms with Gasteiger partial charge in [-0.3, -0.25) is 19.0 Å². The van der Waals surface area contributed by atoms with Crippen molar-refractivity contribution in [2.24, 2.45) is 0 Å². The number of rotatable bonds is 3. The van der Waals surface area contributed by atoms with E-state index in [1.807, 2.05) is 6.92 Å². The molecule has 2 N–H and O–H groups in total. The molecule has 4 aromatic rings. The van der Waals surface area contributed by atoms with Gasteiger partial charge in [-0.05, 0) is 48.9 Å². The van der Waals surface area contributed by atoms with Crippen molar-refractivity contribution in [3.8, 4) is 17.2 Å². The third-order valence-electron chi connectivity index (χ3n) is 7.92. The zero-order valence-electron chi connectivity index (χ0n) is 24.3. The minimum Gasteiger partial charge on any atom is -0.496 e. The maximum Gasteiger partial charge on any atom is 0.420 e. The molecule has 3 aliphatic heterocycles. The summed E-state index contributed by atoms with van der Waals surface area (Å²) in [7, 11) is 1.53. The number of hydrogen-bond acceptors (Lipinski definition) is 8. The maximum absolute atomic E-state index is 13.5. The van der Waals surface area contributed by atoms with Crippen molar-refractivity contribution in [2.45, 2.75) is 38.6 Å². The van der Waals surface area contributed by atoms with Crippen LogP contribution in [0.25, 0.3) is 11.1 Å². The molecule has 0 radical (unpaired) electrons. The highest BCUT2D eigenvalue weighted by atomic mass is 16.5. The fourth-order valence-electron chi connectivity index (χ4n) is 5.49. The first-order chi connectivity index (χ1) is 21.3. The normalized spacial score (nSPS) is 18.8. The molecule has 7 rings (SSSR count). The van der Waals surface area contributed by atoms with Gasteiger partial charge in [0.05, 0.1) is 18.7 Å². The molecule has 2 atom stereocenters. The van der Waals surface area contributed by atoms with E-state index >= 15 is 0 Å². The van der Waals surface area contributed by atoms with Gasteiger partial charge in [-0.15, -0.1) is 0 Å². The first-order valence-electron chi connectivity index (χ1n) is 14.3. The molecule has 1 aromatic heterocycles. The Hall–Kier alpha value is -5.26. The highest BCUT2D eigenvalue weighted by Crippen LogP contribution is 2.28. The Kier molecular flexibility index (Phi) is 7.97. The minimum atomic E-state index is -0.613. The summed E-state index contributed by atoms with van der Waals surface area (Å²) in [5, 5.41) is 5.87. The number of nitrogens with zero attached hydrogens (tertiary/aromatic N) is 2. The molecule has 4 bridgehead atoms. The fourth-order valence-corrected chi connectivity index (χ4v) is 5.49. The van der Waals surface area contributed by atoms with Gasteiger partial charge in [-0.2, -0.15) is 0 Å². The number of carbonyl (C=O) groups is 3. The van der Waals surface area contributed by atoms with Gasteiger partial charge in [-0.25, -0.2) is 4.79 Å². The second kappa shape index (κ2) is 12.2. The molecule has 3 aromatic carbocycles. The Bertz CT molecular complexity index is 1790. The van der Waals surface area contributed by atoms with Crippen molar-refractivity contribution in [3.63, 3.8) is 0 Å². The molecular formula is C32H32N4O8. The number of aromatic nitrogens is 1. The molecule has 3 aliphatic rings. The molecule has 0 saturated carbocycles. The van der Waals surface area contributed by atoms with Crippen LogP contribution in [0.3, 0.4) is 0 Å². The highest BCUT2D eigenvalue weighted by Gasteiger charge is 2.35. The number of nitrogens with one attached hydrogen (secondary N) is 2. The van der Waals surface area contributed by atoms with Crippen LogP contribution in [0.4, 0.5) is 0 Å². The molecule has 12 heteroatoms. The number of piperidine rings is 1. The van der Waals surface area contributed by atoms with E-state index in [0.29, 0.717) is 46.9 Å². The van der Waals surface area contributed by atoms with Gasteiger partial charge in [0.15, 0.2) is 12.2 Å². The third kappa shape index (κ3) is 5.96. The summed E-state index contributed by atoms with van der Waals surface area (Å²) >= 11 is 0. The number of hydrogen-bond donors (Lipinski definition) is 2. The van der Waals surface area contributed by atoms with E-state index in [2.05, 4.69) is 10.6 Å². The van der Waals surface area contributed by atoms with Crippen LogP contribution < -0.4 is 30.6 Å². The number of methoxy groups -OCH3 is 1. The predicted octanol–water partition coefficient (Wildman–Crippen LogP) is 2.40. The van der Waals surface area contributed by atoms with E-state index in [1.54, 1.807) is 65.6 Å². The number of carbonyl (C=O) groups excluding carboxylic acids is 3. The van der Waals surface area contributed by atoms with Crippen LogP contribution in [0, 0.1) is 6.92 Å². The summed E-state index contributed by atoms with van der Waals surface area (Å²) in [5.74, 6) is -0.162. The van der Waals surface area contributed by atoms with Gasteiger partial charge in [-0.1, -0.05) is 18.2 Å². The monoisotopic (exact) mass is 600 g/mol. The number of fused-ring (bicyclic) bond motifs is 8. The van der Waals surface area contributed by atoms with E-state index in [4.69, 9.17) is 18.6 Å². The Labute approximate surface area is 252 Å². The van der Waals surface area contributed by atoms with Crippen LogP contribution in [-0.4, -0.2) is 66.1 Å². The van der Waals surface area contributed by atoms with Crippen molar-refractivity contribution < 1.29 is 33.0 Å². The van der Waals surface area contributed by atoms with Crippen molar-refractivity contribution >= 4 is 28.8 Å². The van der Waals surface area contributed by atoms with Gasteiger partial charge >= 0.3 is 5.76 Å². The summed E-state index contributed by atoms with van der Waals surface area (Å²) in [6, 6.07) is 16.7. The average molecular weight is 601 g/mol. The lowest BCUT2D eigenvalue weighted by Crippen LogP contribution is -2.58. The van der Waals surface area contributed by atoms with Crippen molar-refractivity contribution in [1.29, 1.82) is 0 Å². The number of oxazole rings is 1. The van der Waals surface area contributed by atoms with Gasteiger partial charge in [0.1, 0.15) is 29.9 Å². The van der Waals surface area contributed by atoms with Gasteiger partial charge in [0, 0.05) is 43.2 Å². The van der Waals surface area contributed by atoms with E-state index < -0.39 is 17.9 Å². The lowest BCUT2D eigenvalue weighted by atomic mass is 10.0. The summed E-state index contributed by atoms with van der Waals surface area (Å²) in [6.45, 7) is 2.13. The fraction of sp³-hybridized carbons (Fsp3) is 0.312. The second-order valence-corrected chi connectivity index (χ2v) is 10.8. The average Bonchev–Trinajstić information content (AvgIpc) is 3.34. The summed E-state index contributed by atoms with van der Waals surface area (Å²) in [6.07, 6.45) is -0.0623. The lowest BCUT2D eigenvalue weighted by Gasteiger charge is -2.39. The van der Waals surface area contributed by atoms with E-state index in [9.17, 15) is 19.2 Å². The number of para-hydroxylation sites is 2. The van der Waals surface area contributed by atoms with Crippen LogP contribution in [0.1, 0.15) is 27.9 Å². The molecule has 228 valence electrons. The molecule has 0 aliphatic carbocycles. The zero-order chi connectivity index (χ0) is 30.8. The summed E-state index contributed by atoms with van der Waals surface area (Å²) < 4.78 is 24.3. The molecule has 12 nitrogen and oxygen atoms in total. The molecule has 0 unspecified atom stereocenters. The largest absolute Gasteiger partial charge is 0.496 e. The van der Waals surface area contributed by atoms with Crippen LogP contribution in [0.2, 0.25) is 0 Å². The maximum atomic E-state index is 13.5. The Morgan fingerprint density at radius 2 is 1.91 bits per heavy atom. The van der Waals surface area contributed by atoms with Crippen LogP contribution in [0.15, 0.2) is 69.9 Å². The van der Waals surface area contributed by atoms with E-state index in [-0.39, 0.29) is 44.0 Å². The SMILES string of the molecule is COc1cc2ccc1CNC(=O)COc1cc(ccc1C)C(=O)N[C@H]1CN(C(=O)Cn3c(=O)oc4ccccc43)CC[C@H]1O2. The zero-order valence-corrected chi connectivity index (χ0v) is 24.3. The summed E-state index contributed by atoms with van der Waals surface area (Å²) in [4.78, 5) is 53.6. The second-order valence-electron chi connectivity index (χ2n) is 10.8. The Morgan fingerprint density at radius 1 is 1.07 bits per heavy atom. The first-order valence-corrected chi connectivity index (χ1v) is 14.3. The molecule has 4 heterocycles. The topological polar surface area (TPSA) is 141 Å². The van der Waals surface area contributed by atoms with Crippen molar-refractivity contribution in [1.82, 2.24) is 20.1 Å². The van der Waals surface area contributed by atoms with Crippen LogP contribution in [-0.2, 0) is 22.7 Å². The van der Waals surface area contributed by atoms with Crippen LogP contribution >= 0.6 is 0 Å². The van der Waals surface area contributed by atoms with Crippen LogP contribution in [0.5, 0.6) is 17.2 Å². The van der Waals surface area contributed by atoms with Crippen molar-refractivity contribution in [2.75, 3.05) is 26.8 Å². The Morgan fingerprint density at radius 3 is 2.75 bits per heavy atom. The minimum absolute atomic E-state index is 0.155. The number of aryl methyl sites for hydroxylation is 1. The predicted molar refractivity (Wildman–Crippen MR) is 159 cm³/mol. The van der Waals surface area contributed by atoms with Gasteiger partial charge in [0.2, 0.25) is 5.91 Å². The lowest BCUT2D eigenvalue weighted by molar-refractivity contribution is -0.134. The molecule has 3 amide bonds. The quantitative estimate of drug-likeness (QED) is 0.365. The smallest absolute Gasteiger partial charge is 0.420 e. The van der Waals surface area contributed by atoms with Gasteiger partial charge in [0.25, 0.3) is 11.8 Å². The number of likely N-dealkylation sites (tertiary alicyclic amines) is 1. The number of ether oxygens (including phenoxy) is 3. The third-order valence-corrected chi connectivity index (χ3v) is 7.92. The molecule has 0 spiro atoms. The standard InChI is InChI=1S/C32H32N4O8/c1-19-7-8-20-13-27(19)42-18-29(37)33-15-21-9-10-22(14-28(21)41-2)43-25-11-12-35(16-23(25)34-31(20)39)30(38)17-36-24-5-3-4-6-26(24)44-32(36)40/h3-10,13-14,23,25H,11-12,15-18H2,1-2H3,(H,33,37)(H,34,39)/t23-,25+/m0/s1. The van der Waals surface area contributed by atoms with E-state index in [0.717, 1.165) is 11.1 Å². The Balaban J connectivity index is 1.29. The van der Waals surface area contributed by atoms with E-state index in [1.165, 1.54) is 11.7 Å². The van der Waals surface area contributed by atoms with Crippen molar-refractivity contribution in [3.05, 3.63) is 87.9 Å². The van der Waals surface area contributed by atoms with Gasteiger partial charge < -0.3 is 34.2 Å². The molecule has 44 heavy (non-hydrogen) atoms.